The molecular formula is C8H7ClF4N2O3. The minimum absolute atomic E-state index is 0.359. The molecule has 1 rings (SSSR count). The van der Waals surface area contributed by atoms with Crippen LogP contribution in [0, 0.1) is 5.82 Å². The van der Waals surface area contributed by atoms with Gasteiger partial charge in [-0.1, -0.05) is 11.6 Å². The normalized spacial score (nSPS) is 11.8. The van der Waals surface area contributed by atoms with Crippen LogP contribution >= 0.6 is 11.6 Å². The quantitative estimate of drug-likeness (QED) is 0.509. The molecule has 0 aliphatic rings. The van der Waals surface area contributed by atoms with E-state index in [0.717, 1.165) is 0 Å². The third-order valence-electron chi connectivity index (χ3n) is 1.81. The van der Waals surface area contributed by atoms with Crippen LogP contribution in [-0.4, -0.2) is 28.9 Å². The maximum atomic E-state index is 13.0. The zero-order chi connectivity index (χ0) is 13.9. The number of aromatic nitrogens is 2. The molecule has 0 fully saturated rings. The number of hydrogen-bond donors (Lipinski definition) is 1. The molecule has 0 saturated carbocycles. The largest absolute Gasteiger partial charge is 0.411 e. The summed E-state index contributed by atoms with van der Waals surface area (Å²) < 4.78 is 52.7. The number of ether oxygens (including phenoxy) is 1. The number of H-pyrrole nitrogens is 1. The van der Waals surface area contributed by atoms with Gasteiger partial charge in [0.15, 0.2) is 5.15 Å². The first-order valence-electron chi connectivity index (χ1n) is 4.55. The molecule has 1 aromatic heterocycles. The zero-order valence-electron chi connectivity index (χ0n) is 8.68. The molecule has 5 nitrogen and oxygen atoms in total. The van der Waals surface area contributed by atoms with Crippen molar-refractivity contribution in [3.63, 3.8) is 0 Å². The second-order valence-corrected chi connectivity index (χ2v) is 3.56. The molecule has 18 heavy (non-hydrogen) atoms. The van der Waals surface area contributed by atoms with Crippen LogP contribution in [0.4, 0.5) is 17.6 Å². The Balaban J connectivity index is 2.72. The Bertz CT molecular complexity index is 537. The Morgan fingerprint density at radius 1 is 1.33 bits per heavy atom. The van der Waals surface area contributed by atoms with Gasteiger partial charge in [0.2, 0.25) is 5.82 Å². The smallest absolute Gasteiger partial charge is 0.370 e. The minimum Gasteiger partial charge on any atom is -0.370 e. The number of nitrogens with zero attached hydrogens (tertiary/aromatic N) is 1. The van der Waals surface area contributed by atoms with Crippen molar-refractivity contribution in [3.05, 3.63) is 31.8 Å². The van der Waals surface area contributed by atoms with E-state index in [1.807, 2.05) is 4.98 Å². The first-order chi connectivity index (χ1) is 8.22. The first kappa shape index (κ1) is 14.7. The van der Waals surface area contributed by atoms with Crippen molar-refractivity contribution in [2.45, 2.75) is 12.7 Å². The van der Waals surface area contributed by atoms with Crippen molar-refractivity contribution in [2.24, 2.45) is 0 Å². The molecule has 1 N–H and O–H groups in total. The van der Waals surface area contributed by atoms with Crippen molar-refractivity contribution >= 4 is 11.6 Å². The van der Waals surface area contributed by atoms with Gasteiger partial charge in [0.05, 0.1) is 13.2 Å². The zero-order valence-corrected chi connectivity index (χ0v) is 9.44. The standard InChI is InChI=1S/C8H7ClF4N2O3/c9-5-4(10)6(16)15(7(17)14-5)1-2-18-3-8(11,12)13/h1-3H2,(H,14,17). The molecule has 1 heterocycles. The van der Waals surface area contributed by atoms with Gasteiger partial charge in [-0.15, -0.1) is 0 Å². The second kappa shape index (κ2) is 5.53. The van der Waals surface area contributed by atoms with E-state index >= 15 is 0 Å². The molecule has 0 aliphatic carbocycles. The van der Waals surface area contributed by atoms with Crippen molar-refractivity contribution in [1.82, 2.24) is 9.55 Å². The van der Waals surface area contributed by atoms with E-state index in [1.54, 1.807) is 0 Å². The Kier molecular flexibility index (Phi) is 4.52. The van der Waals surface area contributed by atoms with Crippen LogP contribution in [0.1, 0.15) is 0 Å². The predicted molar refractivity (Wildman–Crippen MR) is 53.2 cm³/mol. The van der Waals surface area contributed by atoms with Gasteiger partial charge < -0.3 is 4.74 Å². The van der Waals surface area contributed by atoms with Crippen LogP contribution in [0.25, 0.3) is 0 Å². The fourth-order valence-electron chi connectivity index (χ4n) is 1.07. The average molecular weight is 291 g/mol. The number of halogens is 5. The van der Waals surface area contributed by atoms with Crippen molar-refractivity contribution in [3.8, 4) is 0 Å². The molecule has 0 spiro atoms. The van der Waals surface area contributed by atoms with Gasteiger partial charge >= 0.3 is 11.9 Å². The molecule has 0 amide bonds. The Hall–Kier alpha value is -1.35. The molecule has 102 valence electrons. The third-order valence-corrected chi connectivity index (χ3v) is 2.07. The third kappa shape index (κ3) is 3.84. The van der Waals surface area contributed by atoms with Gasteiger partial charge in [0, 0.05) is 0 Å². The SMILES string of the molecule is O=c1[nH]c(Cl)c(F)c(=O)n1CCOCC(F)(F)F. The number of alkyl halides is 3. The van der Waals surface area contributed by atoms with Gasteiger partial charge in [-0.2, -0.15) is 17.6 Å². The molecule has 0 unspecified atom stereocenters. The minimum atomic E-state index is -4.51. The van der Waals surface area contributed by atoms with E-state index in [0.29, 0.717) is 4.57 Å². The van der Waals surface area contributed by atoms with Gasteiger partial charge in [-0.05, 0) is 0 Å². The second-order valence-electron chi connectivity index (χ2n) is 3.18. The van der Waals surface area contributed by atoms with Gasteiger partial charge in [-0.25, -0.2) is 4.79 Å². The van der Waals surface area contributed by atoms with Crippen LogP contribution in [0.15, 0.2) is 9.59 Å². The van der Waals surface area contributed by atoms with E-state index in [4.69, 9.17) is 11.6 Å². The van der Waals surface area contributed by atoms with E-state index in [-0.39, 0.29) is 0 Å². The highest BCUT2D eigenvalue weighted by atomic mass is 35.5. The Morgan fingerprint density at radius 3 is 2.50 bits per heavy atom. The molecule has 0 saturated heterocycles. The topological polar surface area (TPSA) is 64.1 Å². The highest BCUT2D eigenvalue weighted by Crippen LogP contribution is 2.14. The van der Waals surface area contributed by atoms with Crippen LogP contribution in [0.2, 0.25) is 5.15 Å². The van der Waals surface area contributed by atoms with Crippen LogP contribution < -0.4 is 11.2 Å². The van der Waals surface area contributed by atoms with Crippen molar-refractivity contribution in [2.75, 3.05) is 13.2 Å². The van der Waals surface area contributed by atoms with Crippen LogP contribution in [-0.2, 0) is 11.3 Å². The molecule has 0 bridgehead atoms. The highest BCUT2D eigenvalue weighted by Gasteiger charge is 2.27. The number of rotatable bonds is 4. The first-order valence-corrected chi connectivity index (χ1v) is 4.93. The summed E-state index contributed by atoms with van der Waals surface area (Å²) in [7, 11) is 0. The summed E-state index contributed by atoms with van der Waals surface area (Å²) in [5, 5.41) is -0.752. The Morgan fingerprint density at radius 2 is 1.94 bits per heavy atom. The van der Waals surface area contributed by atoms with Gasteiger partial charge in [-0.3, -0.25) is 14.3 Å². The molecule has 0 aliphatic heterocycles. The van der Waals surface area contributed by atoms with Gasteiger partial charge in [0.1, 0.15) is 6.61 Å². The lowest BCUT2D eigenvalue weighted by Crippen LogP contribution is -2.38. The van der Waals surface area contributed by atoms with Crippen LogP contribution in [0.3, 0.4) is 0 Å². The van der Waals surface area contributed by atoms with Crippen molar-refractivity contribution < 1.29 is 22.3 Å². The van der Waals surface area contributed by atoms with E-state index in [9.17, 15) is 27.2 Å². The number of aromatic amines is 1. The molecule has 10 heteroatoms. The Labute approximate surface area is 102 Å². The molecule has 0 atom stereocenters. The maximum absolute atomic E-state index is 13.0. The molecule has 1 aromatic rings. The summed E-state index contributed by atoms with van der Waals surface area (Å²) in [6, 6.07) is 0. The predicted octanol–water partition coefficient (Wildman–Crippen LogP) is 0.908. The van der Waals surface area contributed by atoms with E-state index in [2.05, 4.69) is 4.74 Å². The monoisotopic (exact) mass is 290 g/mol. The average Bonchev–Trinajstić information content (AvgIpc) is 2.23. The molecule has 0 radical (unpaired) electrons. The fourth-order valence-corrected chi connectivity index (χ4v) is 1.23. The summed E-state index contributed by atoms with van der Waals surface area (Å²) in [6.45, 7) is -2.60. The lowest BCUT2D eigenvalue weighted by molar-refractivity contribution is -0.174. The number of hydrogen-bond acceptors (Lipinski definition) is 3. The number of nitrogens with one attached hydrogen (secondary N) is 1. The molecule has 0 aromatic carbocycles. The summed E-state index contributed by atoms with van der Waals surface area (Å²) in [5.74, 6) is -1.38. The summed E-state index contributed by atoms with van der Waals surface area (Å²) in [6.07, 6.45) is -4.51. The van der Waals surface area contributed by atoms with E-state index < -0.39 is 48.2 Å². The van der Waals surface area contributed by atoms with Crippen molar-refractivity contribution in [1.29, 1.82) is 0 Å². The maximum Gasteiger partial charge on any atom is 0.411 e. The summed E-state index contributed by atoms with van der Waals surface area (Å²) in [4.78, 5) is 24.2. The van der Waals surface area contributed by atoms with Gasteiger partial charge in [0.25, 0.3) is 5.56 Å². The lowest BCUT2D eigenvalue weighted by atomic mass is 10.5. The van der Waals surface area contributed by atoms with E-state index in [1.165, 1.54) is 0 Å². The molecular weight excluding hydrogens is 284 g/mol. The lowest BCUT2D eigenvalue weighted by Gasteiger charge is -2.08. The summed E-state index contributed by atoms with van der Waals surface area (Å²) >= 11 is 5.19. The highest BCUT2D eigenvalue weighted by molar-refractivity contribution is 6.29. The summed E-state index contributed by atoms with van der Waals surface area (Å²) in [5.41, 5.74) is -2.35. The fraction of sp³-hybridized carbons (Fsp3) is 0.500. The van der Waals surface area contributed by atoms with Crippen LogP contribution in [0.5, 0.6) is 0 Å².